The van der Waals surface area contributed by atoms with Crippen molar-refractivity contribution in [2.45, 2.75) is 19.8 Å². The average molecular weight is 295 g/mol. The van der Waals surface area contributed by atoms with Crippen LogP contribution in [-0.2, 0) is 0 Å². The van der Waals surface area contributed by atoms with Crippen LogP contribution in [0.15, 0.2) is 48.5 Å². The molecule has 22 heavy (non-hydrogen) atoms. The van der Waals surface area contributed by atoms with E-state index in [1.165, 1.54) is 0 Å². The van der Waals surface area contributed by atoms with Gasteiger partial charge in [-0.05, 0) is 42.8 Å². The molecule has 0 aliphatic heterocycles. The topological polar surface area (TPSA) is 39.9 Å². The van der Waals surface area contributed by atoms with E-state index in [2.05, 4.69) is 11.8 Å². The van der Waals surface area contributed by atoms with Crippen molar-refractivity contribution in [3.63, 3.8) is 0 Å². The second-order valence-electron chi connectivity index (χ2n) is 4.72. The molecule has 0 spiro atoms. The molecule has 112 valence electrons. The number of hydrogen-bond acceptors (Lipinski definition) is 3. The highest BCUT2D eigenvalue weighted by atomic mass is 16.5. The van der Waals surface area contributed by atoms with E-state index in [0.29, 0.717) is 23.6 Å². The Morgan fingerprint density at radius 3 is 2.27 bits per heavy atom. The molecule has 0 aromatic heterocycles. The van der Waals surface area contributed by atoms with Gasteiger partial charge in [-0.3, -0.25) is 0 Å². The summed E-state index contributed by atoms with van der Waals surface area (Å²) in [4.78, 5) is 15.3. The minimum Gasteiger partial charge on any atom is -0.494 e. The lowest BCUT2D eigenvalue weighted by atomic mass is 10.2. The Bertz CT molecular complexity index is 654. The van der Waals surface area contributed by atoms with Crippen molar-refractivity contribution in [2.24, 2.45) is 0 Å². The summed E-state index contributed by atoms with van der Waals surface area (Å²) in [6, 6.07) is 13.3. The maximum absolute atomic E-state index is 12.0. The van der Waals surface area contributed by atoms with E-state index in [1.807, 2.05) is 0 Å². The van der Waals surface area contributed by atoms with E-state index in [1.54, 1.807) is 48.5 Å². The quantitative estimate of drug-likeness (QED) is 0.337. The van der Waals surface area contributed by atoms with E-state index in [9.17, 15) is 4.79 Å². The van der Waals surface area contributed by atoms with E-state index in [-0.39, 0.29) is 0 Å². The van der Waals surface area contributed by atoms with E-state index in [4.69, 9.17) is 16.0 Å². The van der Waals surface area contributed by atoms with Crippen molar-refractivity contribution in [2.75, 3.05) is 6.61 Å². The van der Waals surface area contributed by atoms with Gasteiger partial charge in [0.05, 0.1) is 18.7 Å². The summed E-state index contributed by atoms with van der Waals surface area (Å²) < 4.78 is 10.8. The molecule has 0 radical (unpaired) electrons. The fourth-order valence-corrected chi connectivity index (χ4v) is 1.78. The van der Waals surface area contributed by atoms with Crippen molar-refractivity contribution >= 4 is 11.7 Å². The van der Waals surface area contributed by atoms with Crippen molar-refractivity contribution in [3.8, 4) is 11.5 Å². The van der Waals surface area contributed by atoms with Crippen LogP contribution in [0.3, 0.4) is 0 Å². The number of carbonyl (C=O) groups is 1. The molecule has 0 atom stereocenters. The molecule has 0 saturated carbocycles. The number of ether oxygens (including phenoxy) is 2. The first-order valence-corrected chi connectivity index (χ1v) is 7.15. The highest BCUT2D eigenvalue weighted by Crippen LogP contribution is 2.19. The van der Waals surface area contributed by atoms with Crippen LogP contribution in [0.1, 0.15) is 30.1 Å². The molecule has 0 saturated heterocycles. The van der Waals surface area contributed by atoms with Crippen LogP contribution in [0.2, 0.25) is 0 Å². The first-order valence-electron chi connectivity index (χ1n) is 7.15. The highest BCUT2D eigenvalue weighted by Gasteiger charge is 2.08. The summed E-state index contributed by atoms with van der Waals surface area (Å²) >= 11 is 0. The van der Waals surface area contributed by atoms with Crippen LogP contribution >= 0.6 is 0 Å². The zero-order valence-electron chi connectivity index (χ0n) is 12.4. The number of rotatable bonds is 6. The Morgan fingerprint density at radius 1 is 1.05 bits per heavy atom. The van der Waals surface area contributed by atoms with Gasteiger partial charge in [0.2, 0.25) is 0 Å². The Labute approximate surface area is 130 Å². The van der Waals surface area contributed by atoms with Gasteiger partial charge in [-0.2, -0.15) is 0 Å². The van der Waals surface area contributed by atoms with Gasteiger partial charge >= 0.3 is 5.97 Å². The van der Waals surface area contributed by atoms with E-state index < -0.39 is 5.97 Å². The Morgan fingerprint density at radius 2 is 1.68 bits per heavy atom. The molecule has 2 rings (SSSR count). The minimum atomic E-state index is -0.435. The van der Waals surface area contributed by atoms with Crippen LogP contribution < -0.4 is 9.47 Å². The Balaban J connectivity index is 1.95. The summed E-state index contributed by atoms with van der Waals surface area (Å²) in [5.41, 5.74) is 0.963. The molecular weight excluding hydrogens is 278 g/mol. The molecule has 0 amide bonds. The Kier molecular flexibility index (Phi) is 5.56. The summed E-state index contributed by atoms with van der Waals surface area (Å²) in [6.45, 7) is 9.65. The molecule has 0 N–H and O–H groups in total. The van der Waals surface area contributed by atoms with Crippen LogP contribution in [0.4, 0.5) is 5.69 Å². The zero-order valence-corrected chi connectivity index (χ0v) is 12.4. The summed E-state index contributed by atoms with van der Waals surface area (Å²) in [6.07, 6.45) is 2.08. The minimum absolute atomic E-state index is 0.417. The van der Waals surface area contributed by atoms with Gasteiger partial charge in [0.15, 0.2) is 5.69 Å². The van der Waals surface area contributed by atoms with Gasteiger partial charge in [0.1, 0.15) is 11.5 Å². The molecule has 0 heterocycles. The van der Waals surface area contributed by atoms with Crippen molar-refractivity contribution < 1.29 is 14.3 Å². The van der Waals surface area contributed by atoms with Gasteiger partial charge in [0.25, 0.3) is 0 Å². The summed E-state index contributed by atoms with van der Waals surface area (Å²) in [5.74, 6) is 0.725. The first kappa shape index (κ1) is 15.6. The SMILES string of the molecule is [C-]#[N+]c1ccc(OC(=O)c2ccc(OCCCC)cc2)cc1. The molecule has 0 unspecified atom stereocenters. The third-order valence-corrected chi connectivity index (χ3v) is 3.03. The number of hydrogen-bond donors (Lipinski definition) is 0. The fourth-order valence-electron chi connectivity index (χ4n) is 1.78. The first-order chi connectivity index (χ1) is 10.7. The van der Waals surface area contributed by atoms with Crippen LogP contribution in [0.5, 0.6) is 11.5 Å². The molecule has 4 nitrogen and oxygen atoms in total. The second-order valence-corrected chi connectivity index (χ2v) is 4.72. The molecule has 2 aromatic rings. The maximum Gasteiger partial charge on any atom is 0.343 e. The van der Waals surface area contributed by atoms with Crippen molar-refractivity contribution in [1.82, 2.24) is 0 Å². The second kappa shape index (κ2) is 7.84. The maximum atomic E-state index is 12.0. The number of nitrogens with zero attached hydrogens (tertiary/aromatic N) is 1. The lowest BCUT2D eigenvalue weighted by Gasteiger charge is -2.07. The lowest BCUT2D eigenvalue weighted by Crippen LogP contribution is -2.08. The van der Waals surface area contributed by atoms with E-state index >= 15 is 0 Å². The number of esters is 1. The highest BCUT2D eigenvalue weighted by molar-refractivity contribution is 5.91. The van der Waals surface area contributed by atoms with Crippen LogP contribution in [0.25, 0.3) is 4.85 Å². The average Bonchev–Trinajstić information content (AvgIpc) is 2.56. The molecule has 2 aromatic carbocycles. The predicted octanol–water partition coefficient (Wildman–Crippen LogP) is 4.64. The van der Waals surface area contributed by atoms with Gasteiger partial charge in [-0.25, -0.2) is 9.64 Å². The van der Waals surface area contributed by atoms with Crippen molar-refractivity contribution in [1.29, 1.82) is 0 Å². The van der Waals surface area contributed by atoms with Gasteiger partial charge in [0, 0.05) is 0 Å². The largest absolute Gasteiger partial charge is 0.494 e. The van der Waals surface area contributed by atoms with Gasteiger partial charge < -0.3 is 9.47 Å². The summed E-state index contributed by atoms with van der Waals surface area (Å²) in [5, 5.41) is 0. The third-order valence-electron chi connectivity index (χ3n) is 3.03. The lowest BCUT2D eigenvalue weighted by molar-refractivity contribution is 0.0735. The molecular formula is C18H17NO3. The fraction of sp³-hybridized carbons (Fsp3) is 0.222. The molecule has 0 bridgehead atoms. The van der Waals surface area contributed by atoms with E-state index in [0.717, 1.165) is 18.6 Å². The molecule has 4 heteroatoms. The molecule has 0 fully saturated rings. The Hall–Kier alpha value is -2.80. The number of unbranched alkanes of at least 4 members (excludes halogenated alkanes) is 1. The predicted molar refractivity (Wildman–Crippen MR) is 84.5 cm³/mol. The normalized spacial score (nSPS) is 9.82. The third kappa shape index (κ3) is 4.35. The monoisotopic (exact) mass is 295 g/mol. The zero-order chi connectivity index (χ0) is 15.8. The van der Waals surface area contributed by atoms with Gasteiger partial charge in [-0.1, -0.05) is 25.5 Å². The molecule has 0 aliphatic carbocycles. The number of carbonyl (C=O) groups excluding carboxylic acids is 1. The van der Waals surface area contributed by atoms with Crippen LogP contribution in [-0.4, -0.2) is 12.6 Å². The summed E-state index contributed by atoms with van der Waals surface area (Å²) in [7, 11) is 0. The van der Waals surface area contributed by atoms with Crippen LogP contribution in [0, 0.1) is 6.57 Å². The standard InChI is InChI=1S/C18H17NO3/c1-3-4-13-21-16-9-5-14(6-10-16)18(20)22-17-11-7-15(19-2)8-12-17/h5-12H,3-4,13H2,1H3. The number of benzene rings is 2. The smallest absolute Gasteiger partial charge is 0.343 e. The molecule has 0 aliphatic rings. The van der Waals surface area contributed by atoms with Crippen molar-refractivity contribution in [3.05, 3.63) is 65.5 Å². The van der Waals surface area contributed by atoms with Gasteiger partial charge in [-0.15, -0.1) is 0 Å².